The molecular formula is C17H15ClN6O2. The van der Waals surface area contributed by atoms with E-state index in [4.69, 9.17) is 16.1 Å². The summed E-state index contributed by atoms with van der Waals surface area (Å²) in [5, 5.41) is 4.68. The maximum absolute atomic E-state index is 12.4. The lowest BCUT2D eigenvalue weighted by molar-refractivity contribution is 0.0738. The van der Waals surface area contributed by atoms with E-state index in [0.717, 1.165) is 5.56 Å². The first-order chi connectivity index (χ1) is 12.7. The van der Waals surface area contributed by atoms with Crippen molar-refractivity contribution in [3.05, 3.63) is 53.6 Å². The second kappa shape index (κ2) is 7.09. The van der Waals surface area contributed by atoms with Crippen LogP contribution in [0.2, 0.25) is 5.02 Å². The van der Waals surface area contributed by atoms with Crippen molar-refractivity contribution >= 4 is 23.5 Å². The standard InChI is InChI=1S/C17H15ClN6O2/c18-13-3-1-12(2-4-13)15-21-17(26-22-15)24-9-7-23(8-10-24)16(25)14-11-19-5-6-20-14/h1-6,11H,7-10H2. The van der Waals surface area contributed by atoms with Gasteiger partial charge in [-0.3, -0.25) is 9.78 Å². The summed E-state index contributed by atoms with van der Waals surface area (Å²) < 4.78 is 5.38. The minimum atomic E-state index is -0.120. The third-order valence-electron chi connectivity index (χ3n) is 4.14. The Labute approximate surface area is 154 Å². The Morgan fingerprint density at radius 3 is 2.54 bits per heavy atom. The Balaban J connectivity index is 1.41. The minimum absolute atomic E-state index is 0.120. The van der Waals surface area contributed by atoms with Gasteiger partial charge in [-0.05, 0) is 24.3 Å². The molecule has 9 heteroatoms. The highest BCUT2D eigenvalue weighted by Gasteiger charge is 2.25. The number of anilines is 1. The number of amides is 1. The van der Waals surface area contributed by atoms with E-state index >= 15 is 0 Å². The van der Waals surface area contributed by atoms with E-state index in [1.807, 2.05) is 17.0 Å². The first-order valence-corrected chi connectivity index (χ1v) is 8.48. The SMILES string of the molecule is O=C(c1cnccn1)N1CCN(c2nc(-c3ccc(Cl)cc3)no2)CC1. The fourth-order valence-electron chi connectivity index (χ4n) is 2.73. The Hall–Kier alpha value is -3.00. The van der Waals surface area contributed by atoms with Crippen LogP contribution in [0, 0.1) is 0 Å². The van der Waals surface area contributed by atoms with Crippen LogP contribution in [0.25, 0.3) is 11.4 Å². The van der Waals surface area contributed by atoms with Crippen LogP contribution in [0.15, 0.2) is 47.4 Å². The van der Waals surface area contributed by atoms with Gasteiger partial charge in [0.1, 0.15) is 5.69 Å². The van der Waals surface area contributed by atoms with E-state index in [9.17, 15) is 4.79 Å². The lowest BCUT2D eigenvalue weighted by Crippen LogP contribution is -2.49. The van der Waals surface area contributed by atoms with E-state index in [1.54, 1.807) is 23.2 Å². The van der Waals surface area contributed by atoms with Gasteiger partial charge in [0.05, 0.1) is 6.20 Å². The maximum Gasteiger partial charge on any atom is 0.324 e. The summed E-state index contributed by atoms with van der Waals surface area (Å²) >= 11 is 5.90. The van der Waals surface area contributed by atoms with Crippen LogP contribution in [-0.4, -0.2) is 57.1 Å². The summed E-state index contributed by atoms with van der Waals surface area (Å²) in [6, 6.07) is 7.69. The van der Waals surface area contributed by atoms with Gasteiger partial charge in [0.15, 0.2) is 0 Å². The summed E-state index contributed by atoms with van der Waals surface area (Å²) in [5.74, 6) is 0.389. The van der Waals surface area contributed by atoms with Crippen LogP contribution < -0.4 is 4.90 Å². The number of hydrogen-bond donors (Lipinski definition) is 0. The summed E-state index contributed by atoms with van der Waals surface area (Å²) in [5.41, 5.74) is 1.18. The molecule has 0 spiro atoms. The molecule has 3 aromatic rings. The first kappa shape index (κ1) is 16.5. The van der Waals surface area contributed by atoms with E-state index in [1.165, 1.54) is 12.4 Å². The van der Waals surface area contributed by atoms with E-state index in [0.29, 0.717) is 48.7 Å². The molecule has 1 aliphatic heterocycles. The van der Waals surface area contributed by atoms with Crippen molar-refractivity contribution in [1.29, 1.82) is 0 Å². The van der Waals surface area contributed by atoms with Gasteiger partial charge in [0.25, 0.3) is 5.91 Å². The zero-order valence-electron chi connectivity index (χ0n) is 13.7. The van der Waals surface area contributed by atoms with Crippen molar-refractivity contribution in [3.63, 3.8) is 0 Å². The molecule has 0 aliphatic carbocycles. The summed E-state index contributed by atoms with van der Waals surface area (Å²) in [4.78, 5) is 28.6. The van der Waals surface area contributed by atoms with Gasteiger partial charge < -0.3 is 14.3 Å². The molecule has 132 valence electrons. The number of carbonyl (C=O) groups excluding carboxylic acids is 1. The van der Waals surface area contributed by atoms with Crippen molar-refractivity contribution in [1.82, 2.24) is 25.0 Å². The van der Waals surface area contributed by atoms with Gasteiger partial charge in [-0.2, -0.15) is 4.98 Å². The van der Waals surface area contributed by atoms with Gasteiger partial charge >= 0.3 is 6.01 Å². The predicted octanol–water partition coefficient (Wildman–Crippen LogP) is 2.14. The number of hydrogen-bond acceptors (Lipinski definition) is 7. The molecule has 1 fully saturated rings. The van der Waals surface area contributed by atoms with Gasteiger partial charge in [0, 0.05) is 49.2 Å². The smallest absolute Gasteiger partial charge is 0.324 e. The molecule has 0 saturated carbocycles. The summed E-state index contributed by atoms with van der Waals surface area (Å²) in [7, 11) is 0. The molecule has 0 N–H and O–H groups in total. The molecule has 1 amide bonds. The third-order valence-corrected chi connectivity index (χ3v) is 4.39. The van der Waals surface area contributed by atoms with Crippen molar-refractivity contribution in [2.24, 2.45) is 0 Å². The number of benzene rings is 1. The fourth-order valence-corrected chi connectivity index (χ4v) is 2.86. The molecule has 2 aromatic heterocycles. The van der Waals surface area contributed by atoms with Crippen LogP contribution in [0.5, 0.6) is 0 Å². The highest BCUT2D eigenvalue weighted by molar-refractivity contribution is 6.30. The maximum atomic E-state index is 12.4. The second-order valence-corrected chi connectivity index (χ2v) is 6.21. The predicted molar refractivity (Wildman–Crippen MR) is 94.9 cm³/mol. The van der Waals surface area contributed by atoms with Crippen molar-refractivity contribution in [3.8, 4) is 11.4 Å². The van der Waals surface area contributed by atoms with Crippen LogP contribution in [0.3, 0.4) is 0 Å². The quantitative estimate of drug-likeness (QED) is 0.697. The lowest BCUT2D eigenvalue weighted by atomic mass is 10.2. The van der Waals surface area contributed by atoms with Crippen molar-refractivity contribution in [2.45, 2.75) is 0 Å². The van der Waals surface area contributed by atoms with Crippen LogP contribution in [0.1, 0.15) is 10.5 Å². The molecular weight excluding hydrogens is 356 g/mol. The number of aromatic nitrogens is 4. The minimum Gasteiger partial charge on any atom is -0.334 e. The largest absolute Gasteiger partial charge is 0.334 e. The number of nitrogens with zero attached hydrogens (tertiary/aromatic N) is 6. The van der Waals surface area contributed by atoms with Crippen molar-refractivity contribution < 1.29 is 9.32 Å². The van der Waals surface area contributed by atoms with Crippen molar-refractivity contribution in [2.75, 3.05) is 31.1 Å². The normalized spacial score (nSPS) is 14.5. The van der Waals surface area contributed by atoms with E-state index in [-0.39, 0.29) is 5.91 Å². The van der Waals surface area contributed by atoms with Gasteiger partial charge in [0.2, 0.25) is 5.82 Å². The van der Waals surface area contributed by atoms with Crippen LogP contribution in [-0.2, 0) is 0 Å². The molecule has 1 aliphatic rings. The molecule has 0 atom stereocenters. The average molecular weight is 371 g/mol. The number of halogens is 1. The molecule has 0 radical (unpaired) electrons. The highest BCUT2D eigenvalue weighted by atomic mass is 35.5. The molecule has 0 bridgehead atoms. The molecule has 1 aromatic carbocycles. The lowest BCUT2D eigenvalue weighted by Gasteiger charge is -2.33. The molecule has 1 saturated heterocycles. The first-order valence-electron chi connectivity index (χ1n) is 8.10. The van der Waals surface area contributed by atoms with Gasteiger partial charge in [-0.25, -0.2) is 4.98 Å². The molecule has 26 heavy (non-hydrogen) atoms. The zero-order chi connectivity index (χ0) is 17.9. The molecule has 8 nitrogen and oxygen atoms in total. The summed E-state index contributed by atoms with van der Waals surface area (Å²) in [6.07, 6.45) is 4.54. The van der Waals surface area contributed by atoms with Crippen LogP contribution >= 0.6 is 11.6 Å². The second-order valence-electron chi connectivity index (χ2n) is 5.78. The van der Waals surface area contributed by atoms with E-state index in [2.05, 4.69) is 20.1 Å². The molecule has 4 rings (SSSR count). The Morgan fingerprint density at radius 1 is 1.08 bits per heavy atom. The third kappa shape index (κ3) is 3.36. The Bertz CT molecular complexity index is 891. The number of piperazine rings is 1. The topological polar surface area (TPSA) is 88.3 Å². The molecule has 0 unspecified atom stereocenters. The monoisotopic (exact) mass is 370 g/mol. The van der Waals surface area contributed by atoms with E-state index < -0.39 is 0 Å². The highest BCUT2D eigenvalue weighted by Crippen LogP contribution is 2.22. The number of rotatable bonds is 3. The number of carbonyl (C=O) groups is 1. The zero-order valence-corrected chi connectivity index (χ0v) is 14.5. The average Bonchev–Trinajstić information content (AvgIpc) is 3.19. The molecule has 3 heterocycles. The Kier molecular flexibility index (Phi) is 4.49. The fraction of sp³-hybridized carbons (Fsp3) is 0.235. The van der Waals surface area contributed by atoms with Gasteiger partial charge in [-0.1, -0.05) is 16.8 Å². The Morgan fingerprint density at radius 2 is 1.85 bits per heavy atom. The summed E-state index contributed by atoms with van der Waals surface area (Å²) in [6.45, 7) is 2.31. The van der Waals surface area contributed by atoms with Gasteiger partial charge in [-0.15, -0.1) is 0 Å². The van der Waals surface area contributed by atoms with Crippen LogP contribution in [0.4, 0.5) is 6.01 Å².